The van der Waals surface area contributed by atoms with Gasteiger partial charge in [0, 0.05) is 25.5 Å². The first-order valence-electron chi connectivity index (χ1n) is 9.14. The molecule has 0 fully saturated rings. The van der Waals surface area contributed by atoms with Crippen LogP contribution in [-0.2, 0) is 0 Å². The second kappa shape index (κ2) is 9.72. The molecule has 0 radical (unpaired) electrons. The predicted octanol–water partition coefficient (Wildman–Crippen LogP) is 9.89. The van der Waals surface area contributed by atoms with Crippen LogP contribution in [0.4, 0.5) is 10.1 Å². The largest absolute Gasteiger partial charge is 0.323 e. The molecule has 4 aromatic rings. The number of halogens is 5. The highest BCUT2D eigenvalue weighted by atomic mass is 35.5. The molecule has 1 nitrogen and oxygen atoms in total. The molecule has 0 heterocycles. The number of rotatable bonds is 5. The highest BCUT2D eigenvalue weighted by Crippen LogP contribution is 2.39. The van der Waals surface area contributed by atoms with Crippen LogP contribution in [0.25, 0.3) is 22.3 Å². The molecular formula is C24H14Cl4FNS. The summed E-state index contributed by atoms with van der Waals surface area (Å²) in [6.45, 7) is 0. The molecule has 0 amide bonds. The maximum atomic E-state index is 15.3. The fourth-order valence-electron chi connectivity index (χ4n) is 3.04. The lowest BCUT2D eigenvalue weighted by Crippen LogP contribution is -1.97. The Bertz CT molecular complexity index is 1230. The number of anilines is 1. The van der Waals surface area contributed by atoms with Gasteiger partial charge >= 0.3 is 0 Å². The van der Waals surface area contributed by atoms with Crippen LogP contribution in [0.1, 0.15) is 0 Å². The smallest absolute Gasteiger partial charge is 0.148 e. The molecular weight excluding hydrogens is 495 g/mol. The minimum atomic E-state index is -0.394. The fraction of sp³-hybridized carbons (Fsp3) is 0. The molecule has 156 valence electrons. The molecule has 0 spiro atoms. The molecule has 0 aliphatic heterocycles. The lowest BCUT2D eigenvalue weighted by Gasteiger charge is -2.16. The van der Waals surface area contributed by atoms with Crippen molar-refractivity contribution in [3.63, 3.8) is 0 Å². The van der Waals surface area contributed by atoms with Gasteiger partial charge in [0.15, 0.2) is 0 Å². The average molecular weight is 509 g/mol. The summed E-state index contributed by atoms with van der Waals surface area (Å²) in [5.74, 6) is -0.394. The van der Waals surface area contributed by atoms with E-state index in [1.54, 1.807) is 42.5 Å². The van der Waals surface area contributed by atoms with Crippen molar-refractivity contribution >= 4 is 64.0 Å². The van der Waals surface area contributed by atoms with Gasteiger partial charge in [-0.25, -0.2) is 4.39 Å². The van der Waals surface area contributed by atoms with E-state index in [2.05, 4.69) is 4.72 Å². The molecule has 0 atom stereocenters. The third-order valence-electron chi connectivity index (χ3n) is 4.58. The van der Waals surface area contributed by atoms with E-state index in [9.17, 15) is 0 Å². The Labute approximate surface area is 204 Å². The van der Waals surface area contributed by atoms with Gasteiger partial charge in [-0.3, -0.25) is 0 Å². The van der Waals surface area contributed by atoms with Gasteiger partial charge in [-0.2, -0.15) is 0 Å². The Kier molecular flexibility index (Phi) is 7.00. The van der Waals surface area contributed by atoms with Gasteiger partial charge in [0.2, 0.25) is 0 Å². The SMILES string of the molecule is Fc1cc(-c2ccc(Cl)cc2)cc(-c2ccc(Cl)cc2)c1NSc1ccc(Cl)cc1Cl. The van der Waals surface area contributed by atoms with E-state index in [0.717, 1.165) is 21.6 Å². The zero-order chi connectivity index (χ0) is 22.0. The van der Waals surface area contributed by atoms with E-state index in [1.807, 2.05) is 30.3 Å². The van der Waals surface area contributed by atoms with Crippen molar-refractivity contribution < 1.29 is 4.39 Å². The Morgan fingerprint density at radius 1 is 0.613 bits per heavy atom. The normalized spacial score (nSPS) is 10.9. The van der Waals surface area contributed by atoms with Crippen LogP contribution < -0.4 is 4.72 Å². The Morgan fingerprint density at radius 2 is 1.19 bits per heavy atom. The first kappa shape index (κ1) is 22.3. The summed E-state index contributed by atoms with van der Waals surface area (Å²) < 4.78 is 18.4. The molecule has 0 aliphatic carbocycles. The second-order valence-corrected chi connectivity index (χ2v) is 9.24. The minimum absolute atomic E-state index is 0.344. The van der Waals surface area contributed by atoms with E-state index in [1.165, 1.54) is 18.0 Å². The van der Waals surface area contributed by atoms with Gasteiger partial charge in [-0.1, -0.05) is 70.7 Å². The first-order valence-corrected chi connectivity index (χ1v) is 11.5. The molecule has 0 saturated heterocycles. The fourth-order valence-corrected chi connectivity index (χ4v) is 4.53. The molecule has 31 heavy (non-hydrogen) atoms. The molecule has 0 bridgehead atoms. The minimum Gasteiger partial charge on any atom is -0.323 e. The number of hydrogen-bond donors (Lipinski definition) is 1. The number of hydrogen-bond acceptors (Lipinski definition) is 2. The van der Waals surface area contributed by atoms with Crippen LogP contribution >= 0.6 is 58.4 Å². The van der Waals surface area contributed by atoms with Gasteiger partial charge < -0.3 is 4.72 Å². The molecule has 4 rings (SSSR count). The van der Waals surface area contributed by atoms with Crippen LogP contribution in [0, 0.1) is 5.82 Å². The monoisotopic (exact) mass is 507 g/mol. The van der Waals surface area contributed by atoms with Gasteiger partial charge in [0.05, 0.1) is 10.7 Å². The van der Waals surface area contributed by atoms with E-state index in [4.69, 9.17) is 46.4 Å². The van der Waals surface area contributed by atoms with Crippen LogP contribution in [-0.4, -0.2) is 0 Å². The number of benzene rings is 4. The third kappa shape index (κ3) is 5.31. The lowest BCUT2D eigenvalue weighted by atomic mass is 9.97. The van der Waals surface area contributed by atoms with Crippen molar-refractivity contribution in [3.05, 3.63) is 105 Å². The summed E-state index contributed by atoms with van der Waals surface area (Å²) in [6.07, 6.45) is 0. The Hall–Kier alpha value is -1.88. The molecule has 0 saturated carbocycles. The predicted molar refractivity (Wildman–Crippen MR) is 133 cm³/mol. The molecule has 7 heteroatoms. The highest BCUT2D eigenvalue weighted by Gasteiger charge is 2.15. The second-order valence-electron chi connectivity index (χ2n) is 6.67. The summed E-state index contributed by atoms with van der Waals surface area (Å²) in [4.78, 5) is 0.731. The zero-order valence-electron chi connectivity index (χ0n) is 15.8. The average Bonchev–Trinajstić information content (AvgIpc) is 2.75. The van der Waals surface area contributed by atoms with Crippen LogP contribution in [0.15, 0.2) is 83.8 Å². The van der Waals surface area contributed by atoms with Gasteiger partial charge in [-0.15, -0.1) is 0 Å². The van der Waals surface area contributed by atoms with Crippen LogP contribution in [0.3, 0.4) is 0 Å². The van der Waals surface area contributed by atoms with E-state index >= 15 is 4.39 Å². The van der Waals surface area contributed by atoms with Crippen molar-refractivity contribution in [1.82, 2.24) is 0 Å². The zero-order valence-corrected chi connectivity index (χ0v) is 19.6. The maximum Gasteiger partial charge on any atom is 0.148 e. The topological polar surface area (TPSA) is 12.0 Å². The molecule has 1 N–H and O–H groups in total. The van der Waals surface area contributed by atoms with Crippen LogP contribution in [0.2, 0.25) is 20.1 Å². The van der Waals surface area contributed by atoms with E-state index in [-0.39, 0.29) is 0 Å². The Balaban J connectivity index is 1.77. The van der Waals surface area contributed by atoms with Crippen molar-refractivity contribution in [2.24, 2.45) is 0 Å². The van der Waals surface area contributed by atoms with Crippen molar-refractivity contribution in [1.29, 1.82) is 0 Å². The van der Waals surface area contributed by atoms with Gasteiger partial charge in [-0.05, 0) is 83.2 Å². The molecule has 0 aliphatic rings. The van der Waals surface area contributed by atoms with Crippen molar-refractivity contribution in [2.45, 2.75) is 4.90 Å². The van der Waals surface area contributed by atoms with Crippen molar-refractivity contribution in [2.75, 3.05) is 4.72 Å². The first-order chi connectivity index (χ1) is 14.9. The van der Waals surface area contributed by atoms with Gasteiger partial charge in [0.1, 0.15) is 5.82 Å². The summed E-state index contributed by atoms with van der Waals surface area (Å²) in [7, 11) is 0. The van der Waals surface area contributed by atoms with E-state index in [0.29, 0.717) is 31.3 Å². The van der Waals surface area contributed by atoms with Crippen LogP contribution in [0.5, 0.6) is 0 Å². The number of nitrogens with one attached hydrogen (secondary N) is 1. The molecule has 4 aromatic carbocycles. The highest BCUT2D eigenvalue weighted by molar-refractivity contribution is 8.00. The molecule has 0 aromatic heterocycles. The standard InChI is InChI=1S/C24H14Cl4FNS/c25-17-5-1-14(2-6-17)16-11-20(15-3-7-18(26)8-4-15)24(22(29)12-16)30-31-23-10-9-19(27)13-21(23)28/h1-13,30H. The quantitative estimate of drug-likeness (QED) is 0.269. The Morgan fingerprint density at radius 3 is 1.81 bits per heavy atom. The summed E-state index contributed by atoms with van der Waals surface area (Å²) in [6, 6.07) is 23.1. The lowest BCUT2D eigenvalue weighted by molar-refractivity contribution is 0.633. The summed E-state index contributed by atoms with van der Waals surface area (Å²) >= 11 is 25.5. The van der Waals surface area contributed by atoms with Crippen molar-refractivity contribution in [3.8, 4) is 22.3 Å². The maximum absolute atomic E-state index is 15.3. The molecule has 0 unspecified atom stereocenters. The van der Waals surface area contributed by atoms with E-state index < -0.39 is 5.82 Å². The third-order valence-corrected chi connectivity index (χ3v) is 6.63. The van der Waals surface area contributed by atoms with Gasteiger partial charge in [0.25, 0.3) is 0 Å². The summed E-state index contributed by atoms with van der Waals surface area (Å²) in [5.41, 5.74) is 3.46. The summed E-state index contributed by atoms with van der Waals surface area (Å²) in [5, 5.41) is 2.25.